The molecule has 1 aliphatic rings. The summed E-state index contributed by atoms with van der Waals surface area (Å²) in [5.41, 5.74) is 0.834. The second kappa shape index (κ2) is 5.28. The number of sulfone groups is 1. The molecule has 1 fully saturated rings. The standard InChI is InChI=1S/C16H13ClO3S/c17-12-8-6-11(7-9-12)15-14(10-18)16(15)21(19,20)13-4-2-1-3-5-13/h1-10,14-16H/t14-,15-,16-/m1/s1. The summed E-state index contributed by atoms with van der Waals surface area (Å²) < 4.78 is 25.3. The van der Waals surface area contributed by atoms with Crippen LogP contribution in [-0.2, 0) is 14.6 Å². The molecule has 0 saturated heterocycles. The van der Waals surface area contributed by atoms with Gasteiger partial charge in [-0.15, -0.1) is 0 Å². The highest BCUT2D eigenvalue weighted by atomic mass is 35.5. The van der Waals surface area contributed by atoms with Crippen LogP contribution in [0.2, 0.25) is 5.02 Å². The fourth-order valence-corrected chi connectivity index (χ4v) is 4.99. The van der Waals surface area contributed by atoms with E-state index < -0.39 is 21.0 Å². The molecule has 0 unspecified atom stereocenters. The zero-order valence-electron chi connectivity index (χ0n) is 11.0. The Hall–Kier alpha value is -1.65. The fraction of sp³-hybridized carbons (Fsp3) is 0.188. The topological polar surface area (TPSA) is 51.2 Å². The molecule has 0 aliphatic heterocycles. The summed E-state index contributed by atoms with van der Waals surface area (Å²) in [5, 5.41) is -0.0944. The van der Waals surface area contributed by atoms with Crippen molar-refractivity contribution in [2.45, 2.75) is 16.1 Å². The molecule has 0 aromatic heterocycles. The Morgan fingerprint density at radius 2 is 1.57 bits per heavy atom. The zero-order valence-corrected chi connectivity index (χ0v) is 12.6. The molecule has 0 amide bonds. The fourth-order valence-electron chi connectivity index (χ4n) is 2.73. The van der Waals surface area contributed by atoms with E-state index in [1.54, 1.807) is 54.6 Å². The minimum absolute atomic E-state index is 0.262. The number of benzene rings is 2. The number of hydrogen-bond donors (Lipinski definition) is 0. The lowest BCUT2D eigenvalue weighted by atomic mass is 10.1. The summed E-state index contributed by atoms with van der Waals surface area (Å²) in [4.78, 5) is 11.5. The van der Waals surface area contributed by atoms with Gasteiger partial charge in [-0.3, -0.25) is 0 Å². The highest BCUT2D eigenvalue weighted by Gasteiger charge is 2.58. The number of carbonyl (C=O) groups excluding carboxylic acids is 1. The van der Waals surface area contributed by atoms with Gasteiger partial charge in [0.25, 0.3) is 0 Å². The van der Waals surface area contributed by atoms with Crippen molar-refractivity contribution < 1.29 is 13.2 Å². The van der Waals surface area contributed by atoms with Gasteiger partial charge >= 0.3 is 0 Å². The first-order valence-corrected chi connectivity index (χ1v) is 8.48. The van der Waals surface area contributed by atoms with E-state index in [1.807, 2.05) is 0 Å². The number of aldehydes is 1. The lowest BCUT2D eigenvalue weighted by Gasteiger charge is -2.04. The molecule has 0 radical (unpaired) electrons. The average molecular weight is 321 g/mol. The third-order valence-electron chi connectivity index (χ3n) is 3.85. The van der Waals surface area contributed by atoms with Crippen molar-refractivity contribution in [2.24, 2.45) is 5.92 Å². The third-order valence-corrected chi connectivity index (χ3v) is 6.35. The van der Waals surface area contributed by atoms with E-state index in [0.717, 1.165) is 11.8 Å². The first-order chi connectivity index (χ1) is 10.1. The Morgan fingerprint density at radius 1 is 0.952 bits per heavy atom. The Balaban J connectivity index is 1.96. The van der Waals surface area contributed by atoms with E-state index in [4.69, 9.17) is 11.6 Å². The number of hydrogen-bond acceptors (Lipinski definition) is 3. The van der Waals surface area contributed by atoms with Crippen LogP contribution in [0.1, 0.15) is 11.5 Å². The first-order valence-electron chi connectivity index (χ1n) is 6.55. The SMILES string of the molecule is O=C[C@@H]1[C@@H](c2ccc(Cl)cc2)[C@@H]1S(=O)(=O)c1ccccc1. The Morgan fingerprint density at radius 3 is 2.14 bits per heavy atom. The third kappa shape index (κ3) is 2.49. The maximum absolute atomic E-state index is 12.6. The Labute approximate surface area is 128 Å². The minimum Gasteiger partial charge on any atom is -0.303 e. The predicted molar refractivity (Wildman–Crippen MR) is 81.2 cm³/mol. The molecule has 108 valence electrons. The minimum atomic E-state index is -3.50. The maximum Gasteiger partial charge on any atom is 0.182 e. The normalized spacial score (nSPS) is 24.5. The van der Waals surface area contributed by atoms with Crippen molar-refractivity contribution in [3.63, 3.8) is 0 Å². The second-order valence-corrected chi connectivity index (χ2v) is 7.66. The number of carbonyl (C=O) groups is 1. The summed E-state index contributed by atoms with van der Waals surface area (Å²) in [7, 11) is -3.50. The maximum atomic E-state index is 12.6. The Kier molecular flexibility index (Phi) is 3.59. The van der Waals surface area contributed by atoms with Gasteiger partial charge in [-0.1, -0.05) is 41.9 Å². The van der Waals surface area contributed by atoms with E-state index in [0.29, 0.717) is 5.02 Å². The number of halogens is 1. The first kappa shape index (κ1) is 14.3. The van der Waals surface area contributed by atoms with Crippen molar-refractivity contribution in [1.29, 1.82) is 0 Å². The molecule has 3 atom stereocenters. The molecule has 3 nitrogen and oxygen atoms in total. The van der Waals surface area contributed by atoms with Crippen molar-refractivity contribution in [1.82, 2.24) is 0 Å². The van der Waals surface area contributed by atoms with Crippen molar-refractivity contribution >= 4 is 27.7 Å². The predicted octanol–water partition coefficient (Wildman–Crippen LogP) is 3.09. The van der Waals surface area contributed by atoms with Crippen molar-refractivity contribution in [3.05, 3.63) is 65.2 Å². The second-order valence-electron chi connectivity index (χ2n) is 5.11. The molecular formula is C16H13ClO3S. The van der Waals surface area contributed by atoms with Gasteiger partial charge in [-0.25, -0.2) is 8.42 Å². The van der Waals surface area contributed by atoms with Gasteiger partial charge in [0.15, 0.2) is 9.84 Å². The van der Waals surface area contributed by atoms with Gasteiger partial charge in [0.2, 0.25) is 0 Å². The van der Waals surface area contributed by atoms with Gasteiger partial charge in [0.05, 0.1) is 10.1 Å². The summed E-state index contributed by atoms with van der Waals surface area (Å²) >= 11 is 5.84. The molecule has 5 heteroatoms. The molecule has 0 N–H and O–H groups in total. The van der Waals surface area contributed by atoms with Crippen molar-refractivity contribution in [2.75, 3.05) is 0 Å². The number of rotatable bonds is 4. The van der Waals surface area contributed by atoms with Gasteiger partial charge in [0, 0.05) is 16.9 Å². The Bertz CT molecular complexity index is 754. The van der Waals surface area contributed by atoms with Crippen LogP contribution in [0.25, 0.3) is 0 Å². The van der Waals surface area contributed by atoms with Crippen LogP contribution in [-0.4, -0.2) is 20.0 Å². The van der Waals surface area contributed by atoms with Crippen LogP contribution in [0, 0.1) is 5.92 Å². The molecule has 3 rings (SSSR count). The molecule has 2 aromatic rings. The molecule has 0 spiro atoms. The quantitative estimate of drug-likeness (QED) is 0.813. The van der Waals surface area contributed by atoms with E-state index in [2.05, 4.69) is 0 Å². The van der Waals surface area contributed by atoms with Crippen LogP contribution in [0.5, 0.6) is 0 Å². The smallest absolute Gasteiger partial charge is 0.182 e. The van der Waals surface area contributed by atoms with Crippen LogP contribution in [0.4, 0.5) is 0 Å². The van der Waals surface area contributed by atoms with E-state index >= 15 is 0 Å². The summed E-state index contributed by atoms with van der Waals surface area (Å²) in [6.07, 6.45) is 0.741. The van der Waals surface area contributed by atoms with Crippen LogP contribution >= 0.6 is 11.6 Å². The van der Waals surface area contributed by atoms with Crippen LogP contribution in [0.3, 0.4) is 0 Å². The van der Waals surface area contributed by atoms with Gasteiger partial charge in [-0.2, -0.15) is 0 Å². The van der Waals surface area contributed by atoms with Gasteiger partial charge < -0.3 is 4.79 Å². The monoisotopic (exact) mass is 320 g/mol. The summed E-state index contributed by atoms with van der Waals surface area (Å²) in [6.45, 7) is 0. The van der Waals surface area contributed by atoms with E-state index in [9.17, 15) is 13.2 Å². The molecular weight excluding hydrogens is 308 g/mol. The van der Waals surface area contributed by atoms with Gasteiger partial charge in [0.1, 0.15) is 6.29 Å². The summed E-state index contributed by atoms with van der Waals surface area (Å²) in [6, 6.07) is 15.2. The lowest BCUT2D eigenvalue weighted by Crippen LogP contribution is -2.10. The highest BCUT2D eigenvalue weighted by molar-refractivity contribution is 7.92. The molecule has 1 saturated carbocycles. The van der Waals surface area contributed by atoms with Crippen LogP contribution < -0.4 is 0 Å². The molecule has 0 heterocycles. The van der Waals surface area contributed by atoms with Crippen molar-refractivity contribution in [3.8, 4) is 0 Å². The van der Waals surface area contributed by atoms with Crippen LogP contribution in [0.15, 0.2) is 59.5 Å². The average Bonchev–Trinajstić information content (AvgIpc) is 3.24. The molecule has 21 heavy (non-hydrogen) atoms. The van der Waals surface area contributed by atoms with E-state index in [-0.39, 0.29) is 10.8 Å². The largest absolute Gasteiger partial charge is 0.303 e. The molecule has 2 aromatic carbocycles. The highest BCUT2D eigenvalue weighted by Crippen LogP contribution is 2.52. The lowest BCUT2D eigenvalue weighted by molar-refractivity contribution is -0.108. The molecule has 1 aliphatic carbocycles. The van der Waals surface area contributed by atoms with Gasteiger partial charge in [-0.05, 0) is 29.8 Å². The van der Waals surface area contributed by atoms with E-state index in [1.165, 1.54) is 0 Å². The summed E-state index contributed by atoms with van der Waals surface area (Å²) in [5.74, 6) is -0.777. The molecule has 0 bridgehead atoms. The zero-order chi connectivity index (χ0) is 15.0.